The maximum Gasteiger partial charge on any atom is 0.124 e. The molecule has 10 heavy (non-hydrogen) atoms. The third-order valence-corrected chi connectivity index (χ3v) is 3.34. The van der Waals surface area contributed by atoms with E-state index in [0.29, 0.717) is 0 Å². The van der Waals surface area contributed by atoms with Crippen molar-refractivity contribution in [1.82, 2.24) is 0 Å². The van der Waals surface area contributed by atoms with Crippen molar-refractivity contribution < 1.29 is 4.39 Å². The summed E-state index contributed by atoms with van der Waals surface area (Å²) in [6, 6.07) is 0. The van der Waals surface area contributed by atoms with Crippen LogP contribution in [0.2, 0.25) is 0 Å². The second-order valence-electron chi connectivity index (χ2n) is 3.04. The van der Waals surface area contributed by atoms with Gasteiger partial charge in [-0.3, -0.25) is 0 Å². The molecule has 1 rings (SSSR count). The highest BCUT2D eigenvalue weighted by atomic mass is 32.2. The van der Waals surface area contributed by atoms with Crippen LogP contribution in [0.25, 0.3) is 0 Å². The molecule has 0 aliphatic carbocycles. The van der Waals surface area contributed by atoms with Gasteiger partial charge in [0.05, 0.1) is 0 Å². The van der Waals surface area contributed by atoms with Crippen molar-refractivity contribution in [2.45, 2.75) is 19.0 Å². The third-order valence-electron chi connectivity index (χ3n) is 2.18. The van der Waals surface area contributed by atoms with Crippen molar-refractivity contribution in [1.29, 1.82) is 0 Å². The lowest BCUT2D eigenvalue weighted by Crippen LogP contribution is -2.37. The van der Waals surface area contributed by atoms with E-state index >= 15 is 0 Å². The van der Waals surface area contributed by atoms with Gasteiger partial charge in [-0.05, 0) is 24.9 Å². The number of nitrogens with two attached hydrogens (primary N) is 1. The molecule has 0 aromatic rings. The number of thioether (sulfide) groups is 1. The van der Waals surface area contributed by atoms with Gasteiger partial charge in [-0.15, -0.1) is 0 Å². The van der Waals surface area contributed by atoms with Gasteiger partial charge in [0.2, 0.25) is 0 Å². The van der Waals surface area contributed by atoms with Gasteiger partial charge in [-0.1, -0.05) is 0 Å². The Labute approximate surface area is 65.6 Å². The van der Waals surface area contributed by atoms with E-state index in [1.54, 1.807) is 6.92 Å². The van der Waals surface area contributed by atoms with Crippen LogP contribution in [0.1, 0.15) is 13.3 Å². The van der Waals surface area contributed by atoms with Gasteiger partial charge in [0.25, 0.3) is 0 Å². The zero-order valence-electron chi connectivity index (χ0n) is 6.27. The summed E-state index contributed by atoms with van der Waals surface area (Å²) in [5, 5.41) is 0. The van der Waals surface area contributed by atoms with E-state index in [4.69, 9.17) is 5.73 Å². The Hall–Kier alpha value is 0.240. The quantitative estimate of drug-likeness (QED) is 0.666. The van der Waals surface area contributed by atoms with Gasteiger partial charge in [0.1, 0.15) is 5.67 Å². The molecule has 2 atom stereocenters. The van der Waals surface area contributed by atoms with Crippen LogP contribution in [-0.2, 0) is 0 Å². The number of rotatable bonds is 2. The van der Waals surface area contributed by atoms with Gasteiger partial charge >= 0.3 is 0 Å². The lowest BCUT2D eigenvalue weighted by molar-refractivity contribution is 0.127. The Kier molecular flexibility index (Phi) is 2.58. The molecule has 60 valence electrons. The highest BCUT2D eigenvalue weighted by Gasteiger charge is 2.34. The van der Waals surface area contributed by atoms with Gasteiger partial charge in [0.15, 0.2) is 0 Å². The Morgan fingerprint density at radius 2 is 2.50 bits per heavy atom. The van der Waals surface area contributed by atoms with Crippen LogP contribution in [0, 0.1) is 5.92 Å². The fourth-order valence-electron chi connectivity index (χ4n) is 1.18. The van der Waals surface area contributed by atoms with Crippen LogP contribution in [0.4, 0.5) is 4.39 Å². The number of hydrogen-bond acceptors (Lipinski definition) is 2. The fraction of sp³-hybridized carbons (Fsp3) is 1.00. The molecule has 0 aromatic carbocycles. The van der Waals surface area contributed by atoms with E-state index in [2.05, 4.69) is 0 Å². The van der Waals surface area contributed by atoms with Crippen molar-refractivity contribution in [2.75, 3.05) is 18.1 Å². The normalized spacial score (nSPS) is 32.1. The Balaban J connectivity index is 2.45. The Bertz CT molecular complexity index is 110. The molecule has 1 heterocycles. The van der Waals surface area contributed by atoms with E-state index in [1.165, 1.54) is 0 Å². The van der Waals surface area contributed by atoms with Gasteiger partial charge in [0, 0.05) is 12.5 Å². The molecule has 0 amide bonds. The number of hydrogen-bond donors (Lipinski definition) is 1. The minimum Gasteiger partial charge on any atom is -0.328 e. The Morgan fingerprint density at radius 3 is 2.90 bits per heavy atom. The molecule has 1 aliphatic heterocycles. The minimum atomic E-state index is -1.12. The predicted molar refractivity (Wildman–Crippen MR) is 44.0 cm³/mol. The summed E-state index contributed by atoms with van der Waals surface area (Å²) in [4.78, 5) is 0. The van der Waals surface area contributed by atoms with Crippen LogP contribution >= 0.6 is 11.8 Å². The van der Waals surface area contributed by atoms with Crippen molar-refractivity contribution in [3.05, 3.63) is 0 Å². The molecule has 1 nitrogen and oxygen atoms in total. The number of alkyl halides is 1. The largest absolute Gasteiger partial charge is 0.328 e. The molecule has 2 unspecified atom stereocenters. The molecule has 0 saturated carbocycles. The van der Waals surface area contributed by atoms with Crippen LogP contribution in [0.5, 0.6) is 0 Å². The average molecular weight is 163 g/mol. The van der Waals surface area contributed by atoms with Crippen molar-refractivity contribution in [3.8, 4) is 0 Å². The topological polar surface area (TPSA) is 26.0 Å². The first-order valence-electron chi connectivity index (χ1n) is 3.63. The molecule has 0 radical (unpaired) electrons. The van der Waals surface area contributed by atoms with Crippen LogP contribution in [0.15, 0.2) is 0 Å². The summed E-state index contributed by atoms with van der Waals surface area (Å²) in [5.41, 5.74) is 4.18. The summed E-state index contributed by atoms with van der Waals surface area (Å²) >= 11 is 1.83. The molecule has 1 aliphatic rings. The first-order valence-corrected chi connectivity index (χ1v) is 4.79. The maximum absolute atomic E-state index is 13.4. The van der Waals surface area contributed by atoms with E-state index < -0.39 is 5.67 Å². The molecular formula is C7H14FNS. The van der Waals surface area contributed by atoms with E-state index in [-0.39, 0.29) is 12.5 Å². The molecule has 1 fully saturated rings. The zero-order chi connectivity index (χ0) is 7.61. The second-order valence-corrected chi connectivity index (χ2v) is 4.19. The molecule has 0 spiro atoms. The highest BCUT2D eigenvalue weighted by molar-refractivity contribution is 7.99. The minimum absolute atomic E-state index is 0.165. The molecule has 3 heteroatoms. The van der Waals surface area contributed by atoms with Gasteiger partial charge < -0.3 is 5.73 Å². The average Bonchev–Trinajstić information content (AvgIpc) is 2.38. The van der Waals surface area contributed by atoms with E-state index in [1.807, 2.05) is 11.8 Å². The van der Waals surface area contributed by atoms with Gasteiger partial charge in [-0.2, -0.15) is 11.8 Å². The van der Waals surface area contributed by atoms with Crippen molar-refractivity contribution >= 4 is 11.8 Å². The highest BCUT2D eigenvalue weighted by Crippen LogP contribution is 2.33. The first-order chi connectivity index (χ1) is 4.67. The molecule has 1 saturated heterocycles. The summed E-state index contributed by atoms with van der Waals surface area (Å²) in [7, 11) is 0. The molecule has 2 N–H and O–H groups in total. The second kappa shape index (κ2) is 3.09. The summed E-state index contributed by atoms with van der Waals surface area (Å²) in [6.07, 6.45) is 0.995. The zero-order valence-corrected chi connectivity index (χ0v) is 7.09. The SMILES string of the molecule is CC(F)(CN)C1CCSC1. The molecule has 0 aromatic heterocycles. The number of halogens is 1. The maximum atomic E-state index is 13.4. The standard InChI is InChI=1S/C7H14FNS/c1-7(8,5-9)6-2-3-10-4-6/h6H,2-5,9H2,1H3. The molecular weight excluding hydrogens is 149 g/mol. The van der Waals surface area contributed by atoms with Crippen molar-refractivity contribution in [2.24, 2.45) is 11.7 Å². The predicted octanol–water partition coefficient (Wildman–Crippen LogP) is 1.43. The molecule has 0 bridgehead atoms. The summed E-state index contributed by atoms with van der Waals surface area (Å²) in [5.74, 6) is 2.25. The monoisotopic (exact) mass is 163 g/mol. The van der Waals surface area contributed by atoms with Crippen molar-refractivity contribution in [3.63, 3.8) is 0 Å². The van der Waals surface area contributed by atoms with Crippen LogP contribution in [0.3, 0.4) is 0 Å². The lowest BCUT2D eigenvalue weighted by Gasteiger charge is -2.24. The van der Waals surface area contributed by atoms with Gasteiger partial charge in [-0.25, -0.2) is 4.39 Å². The summed E-state index contributed by atoms with van der Waals surface area (Å²) < 4.78 is 13.4. The Morgan fingerprint density at radius 1 is 1.80 bits per heavy atom. The summed E-state index contributed by atoms with van der Waals surface area (Å²) in [6.45, 7) is 1.78. The lowest BCUT2D eigenvalue weighted by atomic mass is 9.91. The van der Waals surface area contributed by atoms with E-state index in [0.717, 1.165) is 17.9 Å². The van der Waals surface area contributed by atoms with E-state index in [9.17, 15) is 4.39 Å². The smallest absolute Gasteiger partial charge is 0.124 e. The van der Waals surface area contributed by atoms with Crippen LogP contribution < -0.4 is 5.73 Å². The van der Waals surface area contributed by atoms with Crippen LogP contribution in [-0.4, -0.2) is 23.7 Å². The third kappa shape index (κ3) is 1.64. The first kappa shape index (κ1) is 8.34. The fourth-order valence-corrected chi connectivity index (χ4v) is 2.59.